The first-order chi connectivity index (χ1) is 4.63. The third kappa shape index (κ3) is 6.48. The number of aliphatic carboxylic acids is 1. The molecule has 0 atom stereocenters. The largest absolute Gasteiger partial charge is 0.477 e. The van der Waals surface area contributed by atoms with Crippen LogP contribution in [0.3, 0.4) is 0 Å². The van der Waals surface area contributed by atoms with Crippen molar-refractivity contribution in [3.63, 3.8) is 0 Å². The van der Waals surface area contributed by atoms with Gasteiger partial charge in [-0.2, -0.15) is 0 Å². The van der Waals surface area contributed by atoms with E-state index in [1.54, 1.807) is 0 Å². The molecule has 0 saturated carbocycles. The third-order valence-corrected chi connectivity index (χ3v) is 0.599. The van der Waals surface area contributed by atoms with E-state index in [-0.39, 0.29) is 12.5 Å². The molecule has 0 radical (unpaired) electrons. The molecule has 0 rings (SSSR count). The fourth-order valence-electron chi connectivity index (χ4n) is 0.271. The molecule has 0 amide bonds. The Labute approximate surface area is 58.3 Å². The number of carboxylic acid groups (broad SMARTS) is 1. The lowest BCUT2D eigenvalue weighted by molar-refractivity contribution is -0.128. The molecule has 4 N–H and O–H groups in total. The summed E-state index contributed by atoms with van der Waals surface area (Å²) < 4.78 is 0. The normalized spacial score (nSPS) is 9.60. The van der Waals surface area contributed by atoms with E-state index < -0.39 is 5.97 Å². The van der Waals surface area contributed by atoms with Crippen molar-refractivity contribution < 1.29 is 9.90 Å². The Balaban J connectivity index is 3.36. The summed E-state index contributed by atoms with van der Waals surface area (Å²) in [6, 6.07) is 0. The van der Waals surface area contributed by atoms with Crippen LogP contribution in [0.25, 0.3) is 0 Å². The average molecular weight is 143 g/mol. The van der Waals surface area contributed by atoms with Crippen LogP contribution < -0.4 is 11.1 Å². The van der Waals surface area contributed by atoms with Crippen molar-refractivity contribution in [2.45, 2.75) is 0 Å². The van der Waals surface area contributed by atoms with Gasteiger partial charge in [0.25, 0.3) is 0 Å². The van der Waals surface area contributed by atoms with Gasteiger partial charge in [0.1, 0.15) is 12.9 Å². The second-order valence-electron chi connectivity index (χ2n) is 1.51. The van der Waals surface area contributed by atoms with Gasteiger partial charge >= 0.3 is 5.97 Å². The van der Waals surface area contributed by atoms with E-state index in [0.29, 0.717) is 0 Å². The van der Waals surface area contributed by atoms with Gasteiger partial charge in [0, 0.05) is 0 Å². The van der Waals surface area contributed by atoms with Crippen LogP contribution >= 0.6 is 0 Å². The molecule has 5 nitrogen and oxygen atoms in total. The molecule has 0 aromatic heterocycles. The number of carbonyl (C=O) groups is 1. The minimum Gasteiger partial charge on any atom is -0.477 e. The lowest BCUT2D eigenvalue weighted by Gasteiger charge is -1.97. The number of nitrogens with zero attached hydrogens (tertiary/aromatic N) is 1. The maximum Gasteiger partial charge on any atom is 0.346 e. The molecule has 0 aromatic rings. The van der Waals surface area contributed by atoms with Gasteiger partial charge in [0.05, 0.1) is 5.82 Å². The molecule has 0 bridgehead atoms. The van der Waals surface area contributed by atoms with E-state index in [1.807, 2.05) is 0 Å². The first-order valence-electron chi connectivity index (χ1n) is 2.54. The molecule has 0 unspecified atom stereocenters. The lowest BCUT2D eigenvalue weighted by atomic mass is 10.7. The summed E-state index contributed by atoms with van der Waals surface area (Å²) in [5, 5.41) is 10.6. The smallest absolute Gasteiger partial charge is 0.346 e. The van der Waals surface area contributed by atoms with Gasteiger partial charge in [0.2, 0.25) is 0 Å². The fourth-order valence-corrected chi connectivity index (χ4v) is 0.271. The highest BCUT2D eigenvalue weighted by molar-refractivity contribution is 6.21. The number of hydrogen-bond acceptors (Lipinski definition) is 4. The van der Waals surface area contributed by atoms with E-state index in [1.165, 1.54) is 0 Å². The van der Waals surface area contributed by atoms with Crippen LogP contribution in [0, 0.1) is 0 Å². The number of nitrogens with two attached hydrogens (primary N) is 1. The van der Waals surface area contributed by atoms with E-state index in [2.05, 4.69) is 16.9 Å². The molecular weight excluding hydrogens is 134 g/mol. The predicted molar refractivity (Wildman–Crippen MR) is 37.5 cm³/mol. The second-order valence-corrected chi connectivity index (χ2v) is 1.51. The average Bonchev–Trinajstić information content (AvgIpc) is 1.79. The molecule has 0 aliphatic carbocycles. The molecule has 0 saturated heterocycles. The van der Waals surface area contributed by atoms with Crippen molar-refractivity contribution in [2.75, 3.05) is 6.67 Å². The Morgan fingerprint density at radius 3 is 2.90 bits per heavy atom. The van der Waals surface area contributed by atoms with Crippen molar-refractivity contribution >= 4 is 12.2 Å². The van der Waals surface area contributed by atoms with Crippen LogP contribution in [-0.2, 0) is 4.79 Å². The second kappa shape index (κ2) is 4.37. The highest BCUT2D eigenvalue weighted by Crippen LogP contribution is 1.67. The van der Waals surface area contributed by atoms with E-state index >= 15 is 0 Å². The Morgan fingerprint density at radius 1 is 1.90 bits per heavy atom. The van der Waals surface area contributed by atoms with Crippen LogP contribution in [-0.4, -0.2) is 24.0 Å². The Bertz CT molecular complexity index is 164. The summed E-state index contributed by atoms with van der Waals surface area (Å²) in [5.74, 6) is -0.813. The molecule has 0 aliphatic heterocycles. The third-order valence-electron chi connectivity index (χ3n) is 0.599. The number of carboxylic acids is 1. The predicted octanol–water partition coefficient (Wildman–Crippen LogP) is -0.881. The van der Waals surface area contributed by atoms with Gasteiger partial charge < -0.3 is 16.2 Å². The van der Waals surface area contributed by atoms with Gasteiger partial charge in [-0.25, -0.2) is 4.79 Å². The van der Waals surface area contributed by atoms with Gasteiger partial charge in [-0.15, -0.1) is 0 Å². The summed E-state index contributed by atoms with van der Waals surface area (Å²) in [4.78, 5) is 13.2. The van der Waals surface area contributed by atoms with Gasteiger partial charge in [-0.1, -0.05) is 6.58 Å². The number of nitrogens with one attached hydrogen (secondary N) is 1. The van der Waals surface area contributed by atoms with E-state index in [0.717, 1.165) is 6.21 Å². The molecule has 10 heavy (non-hydrogen) atoms. The minimum atomic E-state index is -1.08. The monoisotopic (exact) mass is 143 g/mol. The Hall–Kier alpha value is -1.52. The fraction of sp³-hybridized carbons (Fsp3) is 0.200. The van der Waals surface area contributed by atoms with Crippen molar-refractivity contribution in [2.24, 2.45) is 10.7 Å². The maximum atomic E-state index is 9.81. The summed E-state index contributed by atoms with van der Waals surface area (Å²) in [7, 11) is 0. The van der Waals surface area contributed by atoms with E-state index in [9.17, 15) is 4.79 Å². The van der Waals surface area contributed by atoms with Crippen molar-refractivity contribution in [1.82, 2.24) is 5.32 Å². The summed E-state index contributed by atoms with van der Waals surface area (Å²) in [5.41, 5.74) is 5.08. The van der Waals surface area contributed by atoms with Gasteiger partial charge in [0.15, 0.2) is 0 Å². The SMILES string of the molecule is C=C(N)NCN=CC(=O)O. The molecule has 0 aromatic carbocycles. The minimum absolute atomic E-state index is 0.141. The summed E-state index contributed by atoms with van der Waals surface area (Å²) >= 11 is 0. The highest BCUT2D eigenvalue weighted by atomic mass is 16.4. The first kappa shape index (κ1) is 8.48. The number of aliphatic imine (C=N–C) groups is 1. The van der Waals surface area contributed by atoms with Crippen molar-refractivity contribution in [3.8, 4) is 0 Å². The quantitative estimate of drug-likeness (QED) is 0.446. The Morgan fingerprint density at radius 2 is 2.50 bits per heavy atom. The first-order valence-corrected chi connectivity index (χ1v) is 2.54. The molecular formula is C5H9N3O2. The van der Waals surface area contributed by atoms with Crippen LogP contribution in [0.5, 0.6) is 0 Å². The van der Waals surface area contributed by atoms with Crippen LogP contribution in [0.4, 0.5) is 0 Å². The number of hydrogen-bond donors (Lipinski definition) is 3. The summed E-state index contributed by atoms with van der Waals surface area (Å²) in [6.07, 6.45) is 0.788. The van der Waals surface area contributed by atoms with Crippen molar-refractivity contribution in [1.29, 1.82) is 0 Å². The maximum absolute atomic E-state index is 9.81. The molecule has 5 heteroatoms. The van der Waals surface area contributed by atoms with Gasteiger partial charge in [-0.05, 0) is 0 Å². The molecule has 0 spiro atoms. The van der Waals surface area contributed by atoms with Crippen LogP contribution in [0.2, 0.25) is 0 Å². The van der Waals surface area contributed by atoms with E-state index in [4.69, 9.17) is 10.8 Å². The summed E-state index contributed by atoms with van der Waals surface area (Å²) in [6.45, 7) is 3.46. The van der Waals surface area contributed by atoms with Crippen molar-refractivity contribution in [3.05, 3.63) is 12.4 Å². The molecule has 0 fully saturated rings. The standard InChI is InChI=1S/C5H9N3O2/c1-4(6)8-3-7-2-5(9)10/h2,8H,1,3,6H2,(H,9,10). The molecule has 0 heterocycles. The highest BCUT2D eigenvalue weighted by Gasteiger charge is 1.84. The van der Waals surface area contributed by atoms with Crippen LogP contribution in [0.15, 0.2) is 17.4 Å². The molecule has 56 valence electrons. The zero-order valence-corrected chi connectivity index (χ0v) is 5.37. The molecule has 0 aliphatic rings. The number of rotatable bonds is 4. The topological polar surface area (TPSA) is 87.7 Å². The van der Waals surface area contributed by atoms with Gasteiger partial charge in [-0.3, -0.25) is 4.99 Å². The zero-order valence-electron chi connectivity index (χ0n) is 5.37. The van der Waals surface area contributed by atoms with Crippen LogP contribution in [0.1, 0.15) is 0 Å². The zero-order chi connectivity index (χ0) is 7.98. The Kier molecular flexibility index (Phi) is 3.70. The lowest BCUT2D eigenvalue weighted by Crippen LogP contribution is -2.18.